The van der Waals surface area contributed by atoms with Crippen molar-refractivity contribution in [2.45, 2.75) is 158 Å². The number of aliphatic hydroxyl groups is 14. The van der Waals surface area contributed by atoms with Crippen molar-refractivity contribution in [1.29, 1.82) is 0 Å². The Labute approximate surface area is 760 Å². The quantitative estimate of drug-likeness (QED) is 0.0254. The highest BCUT2D eigenvalue weighted by atomic mass is 16.4. The highest BCUT2D eigenvalue weighted by Crippen LogP contribution is 2.21. The standard InChI is InChI=1S/C37H47N7O7.C30H37N7O6.C27H35N5O5/c1-42(24-32(46)36(50)37(51)33(47)26-45)35(49)20-27-11-13-28(14-12-27)41-34(48)25-44(23-31-10-4-7-17-40-31)19-18-43(21-29-8-2-5-15-38-29)22-30-9-3-6-16-39-30;1-35(19-26(39)29(42)30(43)27(40)20-38)28(41)14-21-8-10-25(11-9-21)37-18-24(33-34-37)17-36(15-22-6-2-4-12-31-22)16-23-7-3-5-13-32-23;1-3-23(33)25(35)26(36)24(34)18-31(2)27(37)19-10-11-22(30-14-19)17-32(15-20-8-4-6-12-28-20)16-21-9-5-7-13-29-21/h2-17,32-33,36-37,45-47,50-51H,18-26H2,1H3,(H,41,48);2-13,18,26-27,29-30,38-40,42-43H,14-17,19-20H2,1H3;4-14,23-26,33-36H,3,15-18H2,1-2H3/t32-,33+,36+,37+;26-,27+,29+,30+;23-,24+,25-,26-/m001/s1. The molecule has 0 radical (unpaired) electrons. The van der Waals surface area contributed by atoms with Crippen LogP contribution < -0.4 is 5.32 Å². The van der Waals surface area contributed by atoms with Crippen LogP contribution in [-0.4, -0.2) is 331 Å². The second kappa shape index (κ2) is 53.9. The Bertz CT molecular complexity index is 4970. The van der Waals surface area contributed by atoms with Crippen LogP contribution in [-0.2, 0) is 86.1 Å². The van der Waals surface area contributed by atoms with Crippen LogP contribution in [0.1, 0.15) is 86.1 Å². The molecule has 0 bridgehead atoms. The molecule has 698 valence electrons. The van der Waals surface area contributed by atoms with Crippen molar-refractivity contribution in [2.75, 3.05) is 78.9 Å². The Kier molecular flexibility index (Phi) is 42.3. The van der Waals surface area contributed by atoms with E-state index in [9.17, 15) is 80.5 Å². The lowest BCUT2D eigenvalue weighted by atomic mass is 10.0. The minimum Gasteiger partial charge on any atom is -0.394 e. The number of pyridine rings is 8. The number of carbonyl (C=O) groups is 4. The number of benzene rings is 2. The third-order valence-corrected chi connectivity index (χ3v) is 21.2. The lowest BCUT2D eigenvalue weighted by Gasteiger charge is -2.28. The number of carbonyl (C=O) groups excluding carboxylic acids is 4. The first kappa shape index (κ1) is 103. The maximum Gasteiger partial charge on any atom is 0.255 e. The summed E-state index contributed by atoms with van der Waals surface area (Å²) in [4.78, 5) is 99.6. The number of hydrogen-bond acceptors (Lipinski definition) is 32. The summed E-state index contributed by atoms with van der Waals surface area (Å²) in [5.74, 6) is -1.29. The van der Waals surface area contributed by atoms with Crippen LogP contribution >= 0.6 is 0 Å². The molecule has 4 amide bonds. The normalized spacial score (nSPS) is 14.2. The fraction of sp³-hybridized carbons (Fsp3) is 0.383. The zero-order valence-electron chi connectivity index (χ0n) is 73.6. The Hall–Kier alpha value is -12.1. The van der Waals surface area contributed by atoms with Gasteiger partial charge in [-0.05, 0) is 139 Å². The van der Waals surface area contributed by atoms with Crippen molar-refractivity contribution in [2.24, 2.45) is 0 Å². The van der Waals surface area contributed by atoms with E-state index in [1.54, 1.807) is 104 Å². The van der Waals surface area contributed by atoms with E-state index < -0.39 is 92.4 Å². The van der Waals surface area contributed by atoms with Gasteiger partial charge >= 0.3 is 0 Å². The number of nitrogens with zero attached hydrogens (tertiary/aromatic N) is 18. The Morgan fingerprint density at radius 2 is 0.672 bits per heavy atom. The molecule has 0 fully saturated rings. The average molecular weight is 1800 g/mol. The molecule has 0 saturated carbocycles. The Morgan fingerprint density at radius 1 is 0.351 bits per heavy atom. The third-order valence-electron chi connectivity index (χ3n) is 21.2. The molecule has 12 atom stereocenters. The minimum absolute atomic E-state index is 0.0132. The SMILES string of the molecule is CC[C@@H](O)[C@@H](O)[C@H](O)[C@@H](O)CN(C)C(=O)c1ccc(CN(Cc2ccccn2)Cc2ccccn2)nc1.CN(C[C@H](O)[C@@H](O)[C@H](O)[C@H](O)CO)C(=O)Cc1ccc(-n2cc(CN(Cc3ccccn3)Cc3ccccn3)nn2)cc1.CN(C[C@H](O)[C@@H](O)[C@H](O)[C@H](O)CO)C(=O)Cc1ccc(NC(=O)CN(CCN(Cc2ccccn2)Cc2ccccn2)Cc2ccccn2)cc1. The van der Waals surface area contributed by atoms with Crippen LogP contribution in [0.5, 0.6) is 0 Å². The molecule has 0 aliphatic heterocycles. The summed E-state index contributed by atoms with van der Waals surface area (Å²) in [6, 6.07) is 58.1. The summed E-state index contributed by atoms with van der Waals surface area (Å²) in [5.41, 5.74) is 11.0. The second-order valence-corrected chi connectivity index (χ2v) is 31.8. The molecule has 11 aromatic rings. The van der Waals surface area contributed by atoms with Gasteiger partial charge in [0.15, 0.2) is 0 Å². The summed E-state index contributed by atoms with van der Waals surface area (Å²) < 4.78 is 1.66. The number of rotatable bonds is 48. The number of aliphatic hydroxyl groups excluding tert-OH is 14. The number of nitrogens with one attached hydrogen (secondary N) is 1. The van der Waals surface area contributed by atoms with Crippen molar-refractivity contribution in [1.82, 2.24) is 89.2 Å². The third kappa shape index (κ3) is 34.6. The molecular formula is C94H119N19O18. The number of hydrogen-bond donors (Lipinski definition) is 15. The van der Waals surface area contributed by atoms with Gasteiger partial charge in [0.25, 0.3) is 5.91 Å². The van der Waals surface area contributed by atoms with E-state index in [0.29, 0.717) is 88.8 Å². The zero-order valence-corrected chi connectivity index (χ0v) is 73.6. The average Bonchev–Trinajstić information content (AvgIpc) is 1.79. The Balaban J connectivity index is 0.000000224. The van der Waals surface area contributed by atoms with E-state index in [1.807, 2.05) is 151 Å². The molecule has 131 heavy (non-hydrogen) atoms. The smallest absolute Gasteiger partial charge is 0.255 e. The van der Waals surface area contributed by atoms with E-state index in [0.717, 1.165) is 62.5 Å². The van der Waals surface area contributed by atoms with Crippen LogP contribution in [0.15, 0.2) is 244 Å². The fourth-order valence-electron chi connectivity index (χ4n) is 13.7. The monoisotopic (exact) mass is 1800 g/mol. The molecule has 2 aromatic carbocycles. The number of anilines is 1. The molecule has 9 heterocycles. The van der Waals surface area contributed by atoms with Gasteiger partial charge in [-0.15, -0.1) is 5.10 Å². The molecule has 0 aliphatic rings. The Morgan fingerprint density at radius 3 is 1.02 bits per heavy atom. The maximum atomic E-state index is 13.3. The molecule has 0 aliphatic carbocycles. The van der Waals surface area contributed by atoms with Crippen LogP contribution in [0.4, 0.5) is 5.69 Å². The lowest BCUT2D eigenvalue weighted by Crippen LogP contribution is -2.50. The number of amides is 4. The molecule has 37 heteroatoms. The molecule has 37 nitrogen and oxygen atoms in total. The predicted octanol–water partition coefficient (Wildman–Crippen LogP) is 1.15. The summed E-state index contributed by atoms with van der Waals surface area (Å²) in [6.45, 7) is 5.78. The lowest BCUT2D eigenvalue weighted by molar-refractivity contribution is -0.137. The molecule has 0 unspecified atom stereocenters. The highest BCUT2D eigenvalue weighted by Gasteiger charge is 2.35. The highest BCUT2D eigenvalue weighted by molar-refractivity contribution is 5.94. The largest absolute Gasteiger partial charge is 0.394 e. The van der Waals surface area contributed by atoms with E-state index >= 15 is 0 Å². The zero-order chi connectivity index (χ0) is 94.1. The van der Waals surface area contributed by atoms with Crippen LogP contribution in [0.25, 0.3) is 5.69 Å². The molecular weight excluding hydrogens is 1680 g/mol. The summed E-state index contributed by atoms with van der Waals surface area (Å²) in [5, 5.41) is 148. The second-order valence-electron chi connectivity index (χ2n) is 31.8. The van der Waals surface area contributed by atoms with Gasteiger partial charge in [-0.25, -0.2) is 4.68 Å². The van der Waals surface area contributed by atoms with Crippen molar-refractivity contribution in [3.63, 3.8) is 0 Å². The van der Waals surface area contributed by atoms with Crippen LogP contribution in [0.3, 0.4) is 0 Å². The molecule has 0 spiro atoms. The molecule has 0 saturated heterocycles. The van der Waals surface area contributed by atoms with Gasteiger partial charge in [0.1, 0.15) is 67.1 Å². The van der Waals surface area contributed by atoms with E-state index in [1.165, 1.54) is 42.0 Å². The van der Waals surface area contributed by atoms with Crippen LogP contribution in [0.2, 0.25) is 0 Å². The topological polar surface area (TPSA) is 520 Å². The summed E-state index contributed by atoms with van der Waals surface area (Å²) >= 11 is 0. The van der Waals surface area contributed by atoms with Crippen LogP contribution in [0, 0.1) is 0 Å². The van der Waals surface area contributed by atoms with Gasteiger partial charge in [-0.3, -0.25) is 78.6 Å². The van der Waals surface area contributed by atoms with Gasteiger partial charge in [-0.2, -0.15) is 0 Å². The summed E-state index contributed by atoms with van der Waals surface area (Å²) in [7, 11) is 4.38. The van der Waals surface area contributed by atoms with Gasteiger partial charge in [0, 0.05) is 168 Å². The number of aromatic nitrogens is 11. The first-order valence-electron chi connectivity index (χ1n) is 42.8. The predicted molar refractivity (Wildman–Crippen MR) is 482 cm³/mol. The molecule has 15 N–H and O–H groups in total. The fourth-order valence-corrected chi connectivity index (χ4v) is 13.7. The maximum absolute atomic E-state index is 13.3. The van der Waals surface area contributed by atoms with Gasteiger partial charge in [0.05, 0.1) is 107 Å². The first-order chi connectivity index (χ1) is 63.1. The molecule has 9 aromatic heterocycles. The van der Waals surface area contributed by atoms with Crippen molar-refractivity contribution >= 4 is 29.3 Å². The molecule has 11 rings (SSSR count). The van der Waals surface area contributed by atoms with Crippen molar-refractivity contribution < 1.29 is 90.7 Å². The van der Waals surface area contributed by atoms with E-state index in [4.69, 9.17) is 10.2 Å². The van der Waals surface area contributed by atoms with E-state index in [2.05, 4.69) is 70.2 Å². The van der Waals surface area contributed by atoms with Gasteiger partial charge < -0.3 is 91.5 Å². The summed E-state index contributed by atoms with van der Waals surface area (Å²) in [6.07, 6.45) is -3.11. The van der Waals surface area contributed by atoms with E-state index in [-0.39, 0.29) is 63.2 Å². The minimum atomic E-state index is -1.78. The van der Waals surface area contributed by atoms with Crippen molar-refractivity contribution in [3.8, 4) is 5.69 Å². The van der Waals surface area contributed by atoms with Gasteiger partial charge in [0.2, 0.25) is 17.7 Å². The van der Waals surface area contributed by atoms with Gasteiger partial charge in [-0.1, -0.05) is 78.9 Å². The number of likely N-dealkylation sites (N-methyl/N-ethyl adjacent to an activating group) is 3. The first-order valence-corrected chi connectivity index (χ1v) is 42.8. The van der Waals surface area contributed by atoms with Crippen molar-refractivity contribution in [3.05, 3.63) is 312 Å².